The summed E-state index contributed by atoms with van der Waals surface area (Å²) >= 11 is 12.7. The molecule has 18 heteroatoms. The van der Waals surface area contributed by atoms with Gasteiger partial charge in [0.25, 0.3) is 0 Å². The summed E-state index contributed by atoms with van der Waals surface area (Å²) in [7, 11) is 4.87. The van der Waals surface area contributed by atoms with Crippen LogP contribution in [0.25, 0.3) is 21.9 Å². The van der Waals surface area contributed by atoms with Crippen LogP contribution < -0.4 is 30.5 Å². The molecule has 352 valence electrons. The van der Waals surface area contributed by atoms with Crippen LogP contribution in [0.3, 0.4) is 0 Å². The number of nitrogens with one attached hydrogen (secondary N) is 2. The number of aryl methyl sites for hydroxylation is 2. The number of fused-ring (bicyclic) bond motifs is 2. The first-order valence-electron chi connectivity index (χ1n) is 22.3. The van der Waals surface area contributed by atoms with Crippen LogP contribution in [0.2, 0.25) is 10.0 Å². The van der Waals surface area contributed by atoms with E-state index < -0.39 is 6.04 Å². The van der Waals surface area contributed by atoms with Crippen molar-refractivity contribution in [2.24, 2.45) is 7.05 Å². The number of methoxy groups -OCH3 is 2. The van der Waals surface area contributed by atoms with Gasteiger partial charge in [-0.25, -0.2) is 4.79 Å². The summed E-state index contributed by atoms with van der Waals surface area (Å²) in [6, 6.07) is 14.5. The Morgan fingerprint density at radius 1 is 0.864 bits per heavy atom. The molecule has 16 nitrogen and oxygen atoms in total. The number of nitriles is 1. The van der Waals surface area contributed by atoms with Crippen LogP contribution in [-0.4, -0.2) is 130 Å². The fourth-order valence-electron chi connectivity index (χ4n) is 8.45. The molecule has 1 atom stereocenters. The molecule has 3 aromatic carbocycles. The monoisotopic (exact) mass is 944 g/mol. The van der Waals surface area contributed by atoms with Gasteiger partial charge in [0.1, 0.15) is 17.9 Å². The number of anilines is 2. The fraction of sp³-hybridized carbons (Fsp3) is 0.458. The highest BCUT2D eigenvalue weighted by Gasteiger charge is 2.30. The molecule has 1 amide bonds. The number of amides is 1. The van der Waals surface area contributed by atoms with Gasteiger partial charge in [0.15, 0.2) is 11.5 Å². The molecule has 0 bridgehead atoms. The number of hydrogen-bond donors (Lipinski definition) is 2. The maximum absolute atomic E-state index is 13.2. The molecule has 2 aromatic heterocycles. The second-order valence-corrected chi connectivity index (χ2v) is 17.1. The first kappa shape index (κ1) is 48.6. The zero-order valence-electron chi connectivity index (χ0n) is 37.8. The predicted octanol–water partition coefficient (Wildman–Crippen LogP) is 6.86. The van der Waals surface area contributed by atoms with Crippen molar-refractivity contribution in [1.29, 1.82) is 5.26 Å². The molecule has 2 saturated heterocycles. The average molecular weight is 946 g/mol. The highest BCUT2D eigenvalue weighted by atomic mass is 35.5. The summed E-state index contributed by atoms with van der Waals surface area (Å²) in [4.78, 5) is 35.3. The Bertz CT molecular complexity index is 2600. The number of aromatic nitrogens is 3. The summed E-state index contributed by atoms with van der Waals surface area (Å²) in [5.41, 5.74) is 5.19. The Morgan fingerprint density at radius 3 is 2.29 bits per heavy atom. The van der Waals surface area contributed by atoms with Crippen LogP contribution in [-0.2, 0) is 32.5 Å². The molecule has 0 spiro atoms. The molecule has 2 aliphatic rings. The smallest absolute Gasteiger partial charge is 0.329 e. The van der Waals surface area contributed by atoms with E-state index in [2.05, 4.69) is 38.1 Å². The van der Waals surface area contributed by atoms with Gasteiger partial charge in [-0.2, -0.15) is 5.26 Å². The van der Waals surface area contributed by atoms with Crippen LogP contribution in [0.1, 0.15) is 42.9 Å². The Balaban J connectivity index is 0.740. The summed E-state index contributed by atoms with van der Waals surface area (Å²) in [6.45, 7) is 13.3. The van der Waals surface area contributed by atoms with Gasteiger partial charge in [-0.1, -0.05) is 41.9 Å². The Kier molecular flexibility index (Phi) is 17.2. The number of para-hydroxylation sites is 1. The predicted molar refractivity (Wildman–Crippen MR) is 256 cm³/mol. The zero-order valence-corrected chi connectivity index (χ0v) is 39.3. The van der Waals surface area contributed by atoms with Crippen molar-refractivity contribution in [3.63, 3.8) is 0 Å². The molecular weight excluding hydrogens is 887 g/mol. The number of carbonyl (C=O) groups excluding carboxylic acids is 1. The number of piperidine rings is 1. The van der Waals surface area contributed by atoms with E-state index >= 15 is 0 Å². The summed E-state index contributed by atoms with van der Waals surface area (Å²) in [5, 5.41) is 17.4. The second-order valence-electron chi connectivity index (χ2n) is 16.2. The third-order valence-electron chi connectivity index (χ3n) is 12.0. The van der Waals surface area contributed by atoms with E-state index in [1.54, 1.807) is 35.4 Å². The molecular formula is C48H58Cl2N8O8. The quantitative estimate of drug-likeness (QED) is 0.0653. The lowest BCUT2D eigenvalue weighted by Gasteiger charge is -2.34. The highest BCUT2D eigenvalue weighted by molar-refractivity contribution is 6.37. The van der Waals surface area contributed by atoms with Crippen molar-refractivity contribution in [2.75, 3.05) is 105 Å². The van der Waals surface area contributed by atoms with Crippen molar-refractivity contribution >= 4 is 62.4 Å². The third-order valence-corrected chi connectivity index (χ3v) is 12.6. The average Bonchev–Trinajstić information content (AvgIpc) is 3.57. The second kappa shape index (κ2) is 23.4. The Morgan fingerprint density at radius 2 is 1.58 bits per heavy atom. The number of nitrogens with zero attached hydrogens (tertiary/aromatic N) is 6. The van der Waals surface area contributed by atoms with Crippen LogP contribution in [0, 0.1) is 11.3 Å². The third kappa shape index (κ3) is 11.8. The SMILES string of the molecule is C=C1CCC(n2c(=O)n(C)c3c(CCCOCCOCCOCCN4CCN(CCCOc5cc6ncc(C#N)c(Nc7cc(OC)c(Cl)cc7Cl)c6cc5OC)CC4)cccc32)C(=O)N1. The summed E-state index contributed by atoms with van der Waals surface area (Å²) < 4.78 is 38.0. The zero-order chi connectivity index (χ0) is 46.6. The van der Waals surface area contributed by atoms with Crippen molar-refractivity contribution in [3.05, 3.63) is 92.6 Å². The Hall–Kier alpha value is -5.38. The van der Waals surface area contributed by atoms with Gasteiger partial charge in [0, 0.05) is 82.3 Å². The van der Waals surface area contributed by atoms with Crippen LogP contribution in [0.4, 0.5) is 11.4 Å². The first-order chi connectivity index (χ1) is 32.1. The number of imidazole rings is 1. The molecule has 5 aromatic rings. The number of ether oxygens (including phenoxy) is 6. The lowest BCUT2D eigenvalue weighted by molar-refractivity contribution is -0.124. The number of allylic oxidation sites excluding steroid dienone is 1. The van der Waals surface area contributed by atoms with Gasteiger partial charge >= 0.3 is 5.69 Å². The van der Waals surface area contributed by atoms with Crippen LogP contribution in [0.5, 0.6) is 17.2 Å². The maximum atomic E-state index is 13.2. The minimum Gasteiger partial charge on any atom is -0.495 e. The van der Waals surface area contributed by atoms with Gasteiger partial charge in [-0.05, 0) is 55.9 Å². The van der Waals surface area contributed by atoms with E-state index in [0.29, 0.717) is 120 Å². The number of pyridine rings is 1. The number of carbonyl (C=O) groups is 1. The standard InChI is InChI=1S/C48H58Cl2N8O8/c1-32-11-12-41(47(59)53-32)58-40-10-5-8-33(46(40)55(2)48(58)60)9-6-19-63-22-24-65-25-23-64-21-18-57-16-14-56(15-17-57)13-7-20-66-44-28-38-35(26-43(44)62-4)45(34(30-51)31-52-38)54-39-29-42(61-3)37(50)27-36(39)49/h5,8,10,26-29,31,41H,1,6-7,9,11-25H2,2-4H3,(H,52,54)(H,53,59). The van der Waals surface area contributed by atoms with Gasteiger partial charge < -0.3 is 44.0 Å². The van der Waals surface area contributed by atoms with E-state index in [4.69, 9.17) is 51.6 Å². The summed E-state index contributed by atoms with van der Waals surface area (Å²) in [5.74, 6) is 1.35. The topological polar surface area (TPSA) is 167 Å². The van der Waals surface area contributed by atoms with Crippen LogP contribution in [0.15, 0.2) is 65.7 Å². The van der Waals surface area contributed by atoms with Gasteiger partial charge in [-0.15, -0.1) is 0 Å². The largest absolute Gasteiger partial charge is 0.495 e. The van der Waals surface area contributed by atoms with Gasteiger partial charge in [-0.3, -0.25) is 23.8 Å². The molecule has 0 saturated carbocycles. The molecule has 4 heterocycles. The van der Waals surface area contributed by atoms with Crippen molar-refractivity contribution in [3.8, 4) is 23.3 Å². The lowest BCUT2D eigenvalue weighted by atomic mass is 10.0. The highest BCUT2D eigenvalue weighted by Crippen LogP contribution is 2.40. The lowest BCUT2D eigenvalue weighted by Crippen LogP contribution is -2.47. The van der Waals surface area contributed by atoms with Crippen molar-refractivity contribution < 1.29 is 33.2 Å². The van der Waals surface area contributed by atoms with Crippen molar-refractivity contribution in [2.45, 2.75) is 38.1 Å². The summed E-state index contributed by atoms with van der Waals surface area (Å²) in [6.07, 6.45) is 5.10. The number of hydrogen-bond acceptors (Lipinski definition) is 13. The molecule has 2 fully saturated rings. The molecule has 7 rings (SSSR count). The Labute approximate surface area is 394 Å². The van der Waals surface area contributed by atoms with E-state index in [1.807, 2.05) is 30.3 Å². The van der Waals surface area contributed by atoms with E-state index in [9.17, 15) is 14.9 Å². The molecule has 0 aliphatic carbocycles. The molecule has 66 heavy (non-hydrogen) atoms. The van der Waals surface area contributed by atoms with E-state index in [1.165, 1.54) is 13.3 Å². The van der Waals surface area contributed by atoms with E-state index in [-0.39, 0.29) is 11.6 Å². The van der Waals surface area contributed by atoms with Gasteiger partial charge in [0.05, 0.1) is 97.4 Å². The minimum absolute atomic E-state index is 0.190. The van der Waals surface area contributed by atoms with E-state index in [0.717, 1.165) is 75.1 Å². The number of piperazine rings is 1. The maximum Gasteiger partial charge on any atom is 0.329 e. The van der Waals surface area contributed by atoms with Gasteiger partial charge in [0.2, 0.25) is 5.91 Å². The van der Waals surface area contributed by atoms with Crippen LogP contribution >= 0.6 is 23.2 Å². The molecule has 1 unspecified atom stereocenters. The minimum atomic E-state index is -0.545. The first-order valence-corrected chi connectivity index (χ1v) is 23.0. The number of benzene rings is 3. The molecule has 2 aliphatic heterocycles. The van der Waals surface area contributed by atoms with Crippen molar-refractivity contribution in [1.82, 2.24) is 29.2 Å². The number of halogens is 2. The molecule has 0 radical (unpaired) electrons. The molecule has 2 N–H and O–H groups in total. The fourth-order valence-corrected chi connectivity index (χ4v) is 8.95. The number of rotatable bonds is 23. The normalized spacial score (nSPS) is 15.8.